The van der Waals surface area contributed by atoms with Crippen molar-refractivity contribution in [1.29, 1.82) is 0 Å². The Kier molecular flexibility index (Phi) is 6.40. The molecule has 7 nitrogen and oxygen atoms in total. The maximum atomic E-state index is 13.9. The van der Waals surface area contributed by atoms with E-state index >= 15 is 0 Å². The van der Waals surface area contributed by atoms with Gasteiger partial charge in [0.05, 0.1) is 5.52 Å². The van der Waals surface area contributed by atoms with Crippen LogP contribution in [-0.4, -0.2) is 32.9 Å². The molecule has 5 rings (SSSR count). The van der Waals surface area contributed by atoms with E-state index < -0.39 is 6.04 Å². The molecule has 4 aromatic rings. The van der Waals surface area contributed by atoms with E-state index in [2.05, 4.69) is 15.6 Å². The third-order valence-corrected chi connectivity index (χ3v) is 7.05. The number of para-hydroxylation sites is 1. The number of nitrogens with one attached hydrogen (secondary N) is 1. The highest BCUT2D eigenvalue weighted by Crippen LogP contribution is 2.31. The summed E-state index contributed by atoms with van der Waals surface area (Å²) in [4.78, 5) is 29.2. The lowest BCUT2D eigenvalue weighted by Gasteiger charge is -2.32. The molecule has 2 heterocycles. The minimum absolute atomic E-state index is 0.0221. The Morgan fingerprint density at radius 3 is 2.62 bits per heavy atom. The van der Waals surface area contributed by atoms with Gasteiger partial charge >= 0.3 is 0 Å². The molecule has 2 aromatic carbocycles. The van der Waals surface area contributed by atoms with Crippen LogP contribution in [0.15, 0.2) is 65.4 Å². The number of hydrogen-bond donors (Lipinski definition) is 1. The van der Waals surface area contributed by atoms with Crippen molar-refractivity contribution >= 4 is 39.9 Å². The van der Waals surface area contributed by atoms with E-state index in [1.165, 1.54) is 11.3 Å². The third kappa shape index (κ3) is 4.59. The van der Waals surface area contributed by atoms with Crippen LogP contribution in [0.2, 0.25) is 0 Å². The molecule has 0 saturated heterocycles. The Labute approximate surface area is 202 Å². The topological polar surface area (TPSA) is 80.1 Å². The Balaban J connectivity index is 1.53. The SMILES string of the molecule is Cc1ccc(N(C(=O)Cn2nnc3ccccc32)C(C(=O)NC2CCCC2)c2ccsc2)cc1. The summed E-state index contributed by atoms with van der Waals surface area (Å²) in [5, 5.41) is 15.5. The van der Waals surface area contributed by atoms with E-state index in [9.17, 15) is 9.59 Å². The third-order valence-electron chi connectivity index (χ3n) is 6.35. The number of anilines is 1. The summed E-state index contributed by atoms with van der Waals surface area (Å²) in [6, 6.07) is 16.6. The fourth-order valence-electron chi connectivity index (χ4n) is 4.58. The van der Waals surface area contributed by atoms with Gasteiger partial charge in [0.15, 0.2) is 0 Å². The fraction of sp³-hybridized carbons (Fsp3) is 0.308. The van der Waals surface area contributed by atoms with E-state index in [4.69, 9.17) is 0 Å². The number of hydrogen-bond acceptors (Lipinski definition) is 5. The summed E-state index contributed by atoms with van der Waals surface area (Å²) in [6.45, 7) is 1.98. The normalized spacial score (nSPS) is 14.9. The van der Waals surface area contributed by atoms with Gasteiger partial charge in [0.2, 0.25) is 11.8 Å². The van der Waals surface area contributed by atoms with Crippen molar-refractivity contribution in [2.75, 3.05) is 4.90 Å². The van der Waals surface area contributed by atoms with Crippen molar-refractivity contribution in [3.05, 3.63) is 76.5 Å². The average molecular weight is 474 g/mol. The summed E-state index contributed by atoms with van der Waals surface area (Å²) in [6.07, 6.45) is 4.19. The van der Waals surface area contributed by atoms with Crippen molar-refractivity contribution in [3.8, 4) is 0 Å². The molecule has 1 unspecified atom stereocenters. The van der Waals surface area contributed by atoms with Gasteiger partial charge < -0.3 is 5.32 Å². The van der Waals surface area contributed by atoms with Gasteiger partial charge in [-0.05, 0) is 66.4 Å². The van der Waals surface area contributed by atoms with Gasteiger partial charge in [-0.15, -0.1) is 5.10 Å². The van der Waals surface area contributed by atoms with Gasteiger partial charge in [-0.25, -0.2) is 4.68 Å². The van der Waals surface area contributed by atoms with Crippen molar-refractivity contribution < 1.29 is 9.59 Å². The first-order valence-corrected chi connectivity index (χ1v) is 12.5. The van der Waals surface area contributed by atoms with E-state index in [1.807, 2.05) is 72.3 Å². The fourth-order valence-corrected chi connectivity index (χ4v) is 5.26. The molecule has 0 aliphatic heterocycles. The molecule has 174 valence electrons. The maximum Gasteiger partial charge on any atom is 0.249 e. The van der Waals surface area contributed by atoms with Crippen molar-refractivity contribution in [2.45, 2.75) is 51.2 Å². The highest BCUT2D eigenvalue weighted by Gasteiger charge is 2.34. The van der Waals surface area contributed by atoms with Crippen LogP contribution in [0.25, 0.3) is 11.0 Å². The summed E-state index contributed by atoms with van der Waals surface area (Å²) in [5.41, 5.74) is 4.07. The van der Waals surface area contributed by atoms with E-state index in [0.717, 1.165) is 47.8 Å². The molecule has 1 saturated carbocycles. The van der Waals surface area contributed by atoms with Gasteiger partial charge in [-0.2, -0.15) is 11.3 Å². The smallest absolute Gasteiger partial charge is 0.249 e. The molecule has 8 heteroatoms. The van der Waals surface area contributed by atoms with Crippen molar-refractivity contribution in [2.24, 2.45) is 0 Å². The highest BCUT2D eigenvalue weighted by molar-refractivity contribution is 7.08. The van der Waals surface area contributed by atoms with Crippen LogP contribution < -0.4 is 10.2 Å². The van der Waals surface area contributed by atoms with Crippen LogP contribution in [0.5, 0.6) is 0 Å². The molecule has 1 aliphatic carbocycles. The van der Waals surface area contributed by atoms with Crippen LogP contribution in [-0.2, 0) is 16.1 Å². The number of rotatable bonds is 7. The monoisotopic (exact) mass is 473 g/mol. The number of carbonyl (C=O) groups excluding carboxylic acids is 2. The van der Waals surface area contributed by atoms with E-state index in [0.29, 0.717) is 5.69 Å². The minimum Gasteiger partial charge on any atom is -0.351 e. The quantitative estimate of drug-likeness (QED) is 0.424. The summed E-state index contributed by atoms with van der Waals surface area (Å²) in [7, 11) is 0. The summed E-state index contributed by atoms with van der Waals surface area (Å²) >= 11 is 1.52. The lowest BCUT2D eigenvalue weighted by atomic mass is 10.0. The molecule has 2 aromatic heterocycles. The highest BCUT2D eigenvalue weighted by atomic mass is 32.1. The van der Waals surface area contributed by atoms with Crippen LogP contribution in [0.4, 0.5) is 5.69 Å². The molecule has 34 heavy (non-hydrogen) atoms. The molecule has 0 bridgehead atoms. The predicted octanol–water partition coefficient (Wildman–Crippen LogP) is 4.63. The van der Waals surface area contributed by atoms with Gasteiger partial charge in [-0.1, -0.05) is 47.9 Å². The molecule has 1 atom stereocenters. The largest absolute Gasteiger partial charge is 0.351 e. The number of benzene rings is 2. The molecular weight excluding hydrogens is 446 g/mol. The van der Waals surface area contributed by atoms with Crippen LogP contribution >= 0.6 is 11.3 Å². The Morgan fingerprint density at radius 2 is 1.88 bits per heavy atom. The van der Waals surface area contributed by atoms with E-state index in [1.54, 1.807) is 9.58 Å². The Morgan fingerprint density at radius 1 is 1.12 bits per heavy atom. The number of amides is 2. The molecule has 0 radical (unpaired) electrons. The molecular formula is C26H27N5O2S. The number of aromatic nitrogens is 3. The lowest BCUT2D eigenvalue weighted by Crippen LogP contribution is -2.47. The first-order chi connectivity index (χ1) is 16.6. The first-order valence-electron chi connectivity index (χ1n) is 11.6. The van der Waals surface area contributed by atoms with E-state index in [-0.39, 0.29) is 24.4 Å². The zero-order chi connectivity index (χ0) is 23.5. The van der Waals surface area contributed by atoms with Crippen LogP contribution in [0, 0.1) is 6.92 Å². The Bertz CT molecular complexity index is 1280. The molecule has 1 aliphatic rings. The number of fused-ring (bicyclic) bond motifs is 1. The Hall–Kier alpha value is -3.52. The second kappa shape index (κ2) is 9.77. The number of carbonyl (C=O) groups is 2. The van der Waals surface area contributed by atoms with Gasteiger partial charge in [0.25, 0.3) is 0 Å². The molecule has 1 fully saturated rings. The van der Waals surface area contributed by atoms with Gasteiger partial charge in [0.1, 0.15) is 18.1 Å². The zero-order valence-electron chi connectivity index (χ0n) is 19.1. The maximum absolute atomic E-state index is 13.9. The second-order valence-corrected chi connectivity index (χ2v) is 9.56. The molecule has 2 amide bonds. The first kappa shape index (κ1) is 22.3. The molecule has 0 spiro atoms. The minimum atomic E-state index is -0.767. The lowest BCUT2D eigenvalue weighted by molar-refractivity contribution is -0.127. The predicted molar refractivity (Wildman–Crippen MR) is 134 cm³/mol. The molecule has 1 N–H and O–H groups in total. The zero-order valence-corrected chi connectivity index (χ0v) is 19.9. The number of nitrogens with zero attached hydrogens (tertiary/aromatic N) is 4. The van der Waals surface area contributed by atoms with Crippen LogP contribution in [0.1, 0.15) is 42.9 Å². The average Bonchev–Trinajstić information content (AvgIpc) is 3.61. The number of aryl methyl sites for hydroxylation is 1. The van der Waals surface area contributed by atoms with Gasteiger partial charge in [0, 0.05) is 11.7 Å². The van der Waals surface area contributed by atoms with Gasteiger partial charge in [-0.3, -0.25) is 14.5 Å². The number of thiophene rings is 1. The second-order valence-electron chi connectivity index (χ2n) is 8.78. The van der Waals surface area contributed by atoms with Crippen molar-refractivity contribution in [1.82, 2.24) is 20.3 Å². The summed E-state index contributed by atoms with van der Waals surface area (Å²) < 4.78 is 1.60. The standard InChI is InChI=1S/C26H27N5O2S/c1-18-10-12-21(13-11-18)31(24(32)16-30-23-9-5-4-8-22(23)28-29-30)25(19-14-15-34-17-19)26(33)27-20-6-2-3-7-20/h4-5,8-15,17,20,25H,2-3,6-7,16H2,1H3,(H,27,33). The van der Waals surface area contributed by atoms with Crippen molar-refractivity contribution in [3.63, 3.8) is 0 Å². The van der Waals surface area contributed by atoms with Crippen LogP contribution in [0.3, 0.4) is 0 Å². The summed E-state index contributed by atoms with van der Waals surface area (Å²) in [5.74, 6) is -0.375.